The molecule has 0 bridgehead atoms. The lowest BCUT2D eigenvalue weighted by Gasteiger charge is -2.27. The summed E-state index contributed by atoms with van der Waals surface area (Å²) in [6.45, 7) is 1.94. The molecule has 7 heteroatoms. The summed E-state index contributed by atoms with van der Waals surface area (Å²) in [6, 6.07) is 23.6. The van der Waals surface area contributed by atoms with Crippen LogP contribution in [0.4, 0.5) is 5.82 Å². The van der Waals surface area contributed by atoms with Crippen molar-refractivity contribution in [2.45, 2.75) is 25.5 Å². The first-order valence-electron chi connectivity index (χ1n) is 10.9. The van der Waals surface area contributed by atoms with Crippen LogP contribution < -0.4 is 4.90 Å². The van der Waals surface area contributed by atoms with Crippen LogP contribution in [0.2, 0.25) is 0 Å². The minimum absolute atomic E-state index is 0.154. The highest BCUT2D eigenvalue weighted by Crippen LogP contribution is 2.27. The molecule has 4 aromatic rings. The summed E-state index contributed by atoms with van der Waals surface area (Å²) in [4.78, 5) is 41.3. The summed E-state index contributed by atoms with van der Waals surface area (Å²) in [5.74, 6) is -1.82. The van der Waals surface area contributed by atoms with Gasteiger partial charge in [0, 0.05) is 24.2 Å². The smallest absolute Gasteiger partial charge is 0.323 e. The molecule has 0 fully saturated rings. The highest BCUT2D eigenvalue weighted by atomic mass is 16.5. The summed E-state index contributed by atoms with van der Waals surface area (Å²) in [5, 5.41) is 0. The monoisotopic (exact) mass is 452 g/mol. The van der Waals surface area contributed by atoms with Crippen LogP contribution >= 0.6 is 0 Å². The molecular formula is C27H24N4O3. The second-order valence-corrected chi connectivity index (χ2v) is 7.69. The largest absolute Gasteiger partial charge is 0.457 e. The summed E-state index contributed by atoms with van der Waals surface area (Å²) in [5.41, 5.74) is 2.10. The predicted molar refractivity (Wildman–Crippen MR) is 128 cm³/mol. The molecule has 1 amide bonds. The highest BCUT2D eigenvalue weighted by molar-refractivity contribution is 6.10. The Kier molecular flexibility index (Phi) is 7.35. The van der Waals surface area contributed by atoms with Gasteiger partial charge in [0.1, 0.15) is 18.2 Å². The fraction of sp³-hybridized carbons (Fsp3) is 0.148. The fourth-order valence-corrected chi connectivity index (χ4v) is 3.59. The minimum atomic E-state index is -1.17. The van der Waals surface area contributed by atoms with Crippen molar-refractivity contribution in [3.63, 3.8) is 0 Å². The lowest BCUT2D eigenvalue weighted by molar-refractivity contribution is -0.152. The number of aromatic nitrogens is 3. The minimum Gasteiger partial charge on any atom is -0.457 e. The van der Waals surface area contributed by atoms with E-state index in [0.717, 1.165) is 5.56 Å². The van der Waals surface area contributed by atoms with Crippen molar-refractivity contribution in [2.75, 3.05) is 4.90 Å². The van der Waals surface area contributed by atoms with Gasteiger partial charge < -0.3 is 4.74 Å². The van der Waals surface area contributed by atoms with Crippen LogP contribution in [0.25, 0.3) is 0 Å². The number of hydrogen-bond acceptors (Lipinski definition) is 6. The van der Waals surface area contributed by atoms with Crippen LogP contribution in [0, 0.1) is 0 Å². The zero-order valence-electron chi connectivity index (χ0n) is 18.7. The highest BCUT2D eigenvalue weighted by Gasteiger charge is 2.36. The Balaban J connectivity index is 1.68. The molecule has 0 aliphatic carbocycles. The molecule has 0 saturated heterocycles. The van der Waals surface area contributed by atoms with Gasteiger partial charge in [-0.2, -0.15) is 0 Å². The molecule has 0 aliphatic rings. The predicted octanol–water partition coefficient (Wildman–Crippen LogP) is 4.49. The van der Waals surface area contributed by atoms with Gasteiger partial charge >= 0.3 is 5.97 Å². The zero-order valence-corrected chi connectivity index (χ0v) is 18.7. The number of pyridine rings is 1. The average Bonchev–Trinajstić information content (AvgIpc) is 2.89. The van der Waals surface area contributed by atoms with Crippen molar-refractivity contribution in [3.8, 4) is 0 Å². The molecule has 2 heterocycles. The van der Waals surface area contributed by atoms with Crippen LogP contribution in [0.1, 0.15) is 35.6 Å². The van der Waals surface area contributed by atoms with Crippen LogP contribution in [0.3, 0.4) is 0 Å². The maximum Gasteiger partial charge on any atom is 0.323 e. The van der Waals surface area contributed by atoms with Gasteiger partial charge in [-0.15, -0.1) is 0 Å². The molecule has 2 aromatic carbocycles. The second-order valence-electron chi connectivity index (χ2n) is 7.69. The molecule has 34 heavy (non-hydrogen) atoms. The Morgan fingerprint density at radius 1 is 0.853 bits per heavy atom. The first-order valence-corrected chi connectivity index (χ1v) is 10.9. The van der Waals surface area contributed by atoms with E-state index in [-0.39, 0.29) is 6.54 Å². The van der Waals surface area contributed by atoms with Gasteiger partial charge in [0.15, 0.2) is 5.92 Å². The van der Waals surface area contributed by atoms with Gasteiger partial charge in [0.05, 0.1) is 6.54 Å². The normalized spacial score (nSPS) is 12.4. The van der Waals surface area contributed by atoms with E-state index in [1.165, 1.54) is 11.2 Å². The fourth-order valence-electron chi connectivity index (χ4n) is 3.59. The van der Waals surface area contributed by atoms with Crippen LogP contribution in [-0.4, -0.2) is 26.8 Å². The number of rotatable bonds is 8. The quantitative estimate of drug-likeness (QED) is 0.289. The molecule has 7 nitrogen and oxygen atoms in total. The van der Waals surface area contributed by atoms with Crippen LogP contribution in [0.5, 0.6) is 0 Å². The van der Waals surface area contributed by atoms with Gasteiger partial charge in [0.25, 0.3) is 0 Å². The van der Waals surface area contributed by atoms with Gasteiger partial charge in [0.2, 0.25) is 5.91 Å². The van der Waals surface area contributed by atoms with Crippen LogP contribution in [0.15, 0.2) is 104 Å². The maximum atomic E-state index is 14.0. The lowest BCUT2D eigenvalue weighted by atomic mass is 9.97. The molecule has 0 spiro atoms. The molecule has 2 atom stereocenters. The Labute approximate surface area is 198 Å². The Bertz CT molecular complexity index is 1210. The number of amides is 1. The van der Waals surface area contributed by atoms with Crippen molar-refractivity contribution >= 4 is 17.7 Å². The molecular weight excluding hydrogens is 428 g/mol. The lowest BCUT2D eigenvalue weighted by Crippen LogP contribution is -2.39. The van der Waals surface area contributed by atoms with E-state index < -0.39 is 23.9 Å². The second kappa shape index (κ2) is 11.0. The number of hydrogen-bond donors (Lipinski definition) is 0. The van der Waals surface area contributed by atoms with E-state index in [4.69, 9.17) is 4.74 Å². The van der Waals surface area contributed by atoms with E-state index in [2.05, 4.69) is 15.0 Å². The molecule has 0 saturated carbocycles. The van der Waals surface area contributed by atoms with E-state index >= 15 is 0 Å². The van der Waals surface area contributed by atoms with Crippen molar-refractivity contribution in [1.29, 1.82) is 0 Å². The third kappa shape index (κ3) is 5.50. The molecule has 170 valence electrons. The van der Waals surface area contributed by atoms with Crippen molar-refractivity contribution in [1.82, 2.24) is 15.0 Å². The summed E-state index contributed by atoms with van der Waals surface area (Å²) in [6.07, 6.45) is 5.77. The van der Waals surface area contributed by atoms with Crippen molar-refractivity contribution in [2.24, 2.45) is 0 Å². The van der Waals surface area contributed by atoms with E-state index in [1.54, 1.807) is 68.0 Å². The van der Waals surface area contributed by atoms with E-state index in [0.29, 0.717) is 16.9 Å². The zero-order chi connectivity index (χ0) is 23.8. The Morgan fingerprint density at radius 2 is 1.47 bits per heavy atom. The van der Waals surface area contributed by atoms with Gasteiger partial charge in [-0.05, 0) is 30.2 Å². The molecule has 0 radical (unpaired) electrons. The van der Waals surface area contributed by atoms with Crippen LogP contribution in [-0.2, 0) is 20.9 Å². The first-order chi connectivity index (χ1) is 16.6. The summed E-state index contributed by atoms with van der Waals surface area (Å²) < 4.78 is 5.78. The topological polar surface area (TPSA) is 85.3 Å². The number of anilines is 1. The Morgan fingerprint density at radius 3 is 2.09 bits per heavy atom. The third-order valence-corrected chi connectivity index (χ3v) is 5.32. The molecule has 2 unspecified atom stereocenters. The maximum absolute atomic E-state index is 14.0. The molecule has 0 N–H and O–H groups in total. The number of carbonyl (C=O) groups is 2. The molecule has 2 aromatic heterocycles. The molecule has 0 aliphatic heterocycles. The number of nitrogens with zero attached hydrogens (tertiary/aromatic N) is 4. The molecule has 4 rings (SSSR count). The number of carbonyl (C=O) groups excluding carboxylic acids is 2. The third-order valence-electron chi connectivity index (χ3n) is 5.32. The number of ether oxygens (including phenoxy) is 1. The first kappa shape index (κ1) is 22.8. The number of benzene rings is 2. The number of esters is 1. The van der Waals surface area contributed by atoms with E-state index in [1.807, 2.05) is 36.4 Å². The summed E-state index contributed by atoms with van der Waals surface area (Å²) in [7, 11) is 0. The standard InChI is InChI=1S/C27H24N4O3/c1-20(22-10-4-2-5-11-22)34-27(33)25(23-12-6-3-7-13-23)26(32)31(24-14-8-9-15-30-24)18-21-16-28-19-29-17-21/h2-17,19-20,25H,18H2,1H3. The Hall–Kier alpha value is -4.39. The van der Waals surface area contributed by atoms with Gasteiger partial charge in [-0.1, -0.05) is 66.7 Å². The van der Waals surface area contributed by atoms with Gasteiger partial charge in [-0.3, -0.25) is 14.5 Å². The van der Waals surface area contributed by atoms with Crippen molar-refractivity contribution in [3.05, 3.63) is 120 Å². The van der Waals surface area contributed by atoms with Crippen molar-refractivity contribution < 1.29 is 14.3 Å². The van der Waals surface area contributed by atoms with Gasteiger partial charge in [-0.25, -0.2) is 15.0 Å². The SMILES string of the molecule is CC(OC(=O)C(C(=O)N(Cc1cncnc1)c1ccccn1)c1ccccc1)c1ccccc1. The summed E-state index contributed by atoms with van der Waals surface area (Å²) >= 11 is 0. The average molecular weight is 453 g/mol. The van der Waals surface area contributed by atoms with E-state index in [9.17, 15) is 9.59 Å².